The number of nitrogens with zero attached hydrogens (tertiary/aromatic N) is 4. The van der Waals surface area contributed by atoms with Crippen LogP contribution in [0, 0.1) is 5.92 Å². The Bertz CT molecular complexity index is 620. The molecule has 2 aromatic rings. The van der Waals surface area contributed by atoms with Crippen molar-refractivity contribution < 1.29 is 9.94 Å². The van der Waals surface area contributed by atoms with Crippen LogP contribution in [0.1, 0.15) is 32.2 Å². The highest BCUT2D eigenvalue weighted by molar-refractivity contribution is 5.98. The molecule has 1 N–H and O–H groups in total. The summed E-state index contributed by atoms with van der Waals surface area (Å²) in [5, 5.41) is 16.2. The van der Waals surface area contributed by atoms with Crippen LogP contribution >= 0.6 is 0 Å². The lowest BCUT2D eigenvalue weighted by Crippen LogP contribution is -2.12. The zero-order chi connectivity index (χ0) is 15.2. The maximum absolute atomic E-state index is 8.81. The summed E-state index contributed by atoms with van der Waals surface area (Å²) < 4.78 is 7.60. The molecule has 0 atom stereocenters. The number of hydrogen-bond acceptors (Lipinski definition) is 5. The molecule has 0 saturated heterocycles. The summed E-state index contributed by atoms with van der Waals surface area (Å²) in [6.45, 7) is 7.17. The van der Waals surface area contributed by atoms with Crippen molar-refractivity contribution in [1.29, 1.82) is 0 Å². The van der Waals surface area contributed by atoms with E-state index in [0.29, 0.717) is 24.0 Å². The Balaban J connectivity index is 2.05. The van der Waals surface area contributed by atoms with Crippen LogP contribution in [0.3, 0.4) is 0 Å². The van der Waals surface area contributed by atoms with Gasteiger partial charge in [-0.1, -0.05) is 31.1 Å². The lowest BCUT2D eigenvalue weighted by Gasteiger charge is -2.10. The van der Waals surface area contributed by atoms with Crippen LogP contribution in [0.2, 0.25) is 0 Å². The Kier molecular flexibility index (Phi) is 4.92. The van der Waals surface area contributed by atoms with E-state index in [2.05, 4.69) is 29.1 Å². The van der Waals surface area contributed by atoms with E-state index in [-0.39, 0.29) is 0 Å². The van der Waals surface area contributed by atoms with E-state index >= 15 is 0 Å². The van der Waals surface area contributed by atoms with Crippen LogP contribution in [-0.2, 0) is 13.2 Å². The molecule has 0 aliphatic rings. The Hall–Kier alpha value is -2.37. The average molecular weight is 288 g/mol. The highest BCUT2D eigenvalue weighted by atomic mass is 16.5. The molecule has 1 aromatic heterocycles. The van der Waals surface area contributed by atoms with Gasteiger partial charge in [-0.05, 0) is 25.0 Å². The fraction of sp³-hybridized carbons (Fsp3) is 0.400. The Morgan fingerprint density at radius 1 is 1.43 bits per heavy atom. The van der Waals surface area contributed by atoms with Crippen molar-refractivity contribution in [2.75, 3.05) is 0 Å². The molecule has 0 radical (unpaired) electrons. The Morgan fingerprint density at radius 2 is 2.24 bits per heavy atom. The predicted octanol–water partition coefficient (Wildman–Crippen LogP) is 2.71. The van der Waals surface area contributed by atoms with Crippen LogP contribution in [-0.4, -0.2) is 25.7 Å². The number of benzene rings is 1. The second-order valence-corrected chi connectivity index (χ2v) is 5.25. The summed E-state index contributed by atoms with van der Waals surface area (Å²) in [5.74, 6) is 1.99. The quantitative estimate of drug-likeness (QED) is 0.504. The van der Waals surface area contributed by atoms with Crippen LogP contribution in [0.25, 0.3) is 0 Å². The zero-order valence-corrected chi connectivity index (χ0v) is 12.5. The van der Waals surface area contributed by atoms with Crippen molar-refractivity contribution in [3.05, 3.63) is 42.0 Å². The highest BCUT2D eigenvalue weighted by Gasteiger charge is 2.07. The molecule has 0 spiro atoms. The topological polar surface area (TPSA) is 72.5 Å². The molecule has 112 valence electrons. The van der Waals surface area contributed by atoms with Gasteiger partial charge in [-0.2, -0.15) is 5.10 Å². The van der Waals surface area contributed by atoms with Crippen molar-refractivity contribution in [3.63, 3.8) is 0 Å². The summed E-state index contributed by atoms with van der Waals surface area (Å²) in [4.78, 5) is 4.22. The molecule has 0 amide bonds. The SMILES string of the molecule is CC(=NO)c1cccc(OCc2ncnn2CC(C)C)c1. The van der Waals surface area contributed by atoms with Gasteiger partial charge in [0.15, 0.2) is 5.82 Å². The molecule has 0 aliphatic heterocycles. The third-order valence-corrected chi connectivity index (χ3v) is 3.00. The molecule has 21 heavy (non-hydrogen) atoms. The van der Waals surface area contributed by atoms with Crippen molar-refractivity contribution in [2.24, 2.45) is 11.1 Å². The zero-order valence-electron chi connectivity index (χ0n) is 12.5. The summed E-state index contributed by atoms with van der Waals surface area (Å²) in [6.07, 6.45) is 1.54. The first-order valence-electron chi connectivity index (χ1n) is 6.88. The van der Waals surface area contributed by atoms with Gasteiger partial charge in [0.05, 0.1) is 5.71 Å². The van der Waals surface area contributed by atoms with Gasteiger partial charge in [0.2, 0.25) is 0 Å². The third kappa shape index (κ3) is 4.05. The molecular weight excluding hydrogens is 268 g/mol. The van der Waals surface area contributed by atoms with Gasteiger partial charge in [0.25, 0.3) is 0 Å². The second-order valence-electron chi connectivity index (χ2n) is 5.25. The number of aromatic nitrogens is 3. The van der Waals surface area contributed by atoms with Gasteiger partial charge in [0, 0.05) is 12.1 Å². The number of rotatable bonds is 6. The molecule has 6 heteroatoms. The van der Waals surface area contributed by atoms with Crippen LogP contribution in [0.4, 0.5) is 0 Å². The summed E-state index contributed by atoms with van der Waals surface area (Å²) in [6, 6.07) is 7.41. The lowest BCUT2D eigenvalue weighted by atomic mass is 10.1. The molecule has 0 saturated carbocycles. The van der Waals surface area contributed by atoms with Gasteiger partial charge in [-0.3, -0.25) is 0 Å². The fourth-order valence-electron chi connectivity index (χ4n) is 1.91. The standard InChI is InChI=1S/C15H20N4O2/c1-11(2)8-19-15(16-10-17-19)9-21-14-6-4-5-13(7-14)12(3)18-20/h4-7,10-11,20H,8-9H2,1-3H3. The van der Waals surface area contributed by atoms with Gasteiger partial charge in [-0.15, -0.1) is 0 Å². The Labute approximate surface area is 124 Å². The minimum absolute atomic E-state index is 0.353. The van der Waals surface area contributed by atoms with Crippen molar-refractivity contribution in [3.8, 4) is 5.75 Å². The molecule has 6 nitrogen and oxygen atoms in total. The second kappa shape index (κ2) is 6.88. The molecule has 1 aromatic carbocycles. The van der Waals surface area contributed by atoms with E-state index in [1.807, 2.05) is 28.9 Å². The molecule has 0 bridgehead atoms. The van der Waals surface area contributed by atoms with E-state index in [1.54, 1.807) is 13.3 Å². The maximum Gasteiger partial charge on any atom is 0.164 e. The van der Waals surface area contributed by atoms with Gasteiger partial charge in [0.1, 0.15) is 18.7 Å². The van der Waals surface area contributed by atoms with Crippen LogP contribution < -0.4 is 4.74 Å². The first-order valence-corrected chi connectivity index (χ1v) is 6.88. The molecule has 0 unspecified atom stereocenters. The van der Waals surface area contributed by atoms with E-state index in [4.69, 9.17) is 9.94 Å². The monoisotopic (exact) mass is 288 g/mol. The van der Waals surface area contributed by atoms with Crippen LogP contribution in [0.15, 0.2) is 35.7 Å². The fourth-order valence-corrected chi connectivity index (χ4v) is 1.91. The van der Waals surface area contributed by atoms with E-state index in [1.165, 1.54) is 0 Å². The number of oxime groups is 1. The Morgan fingerprint density at radius 3 is 2.95 bits per heavy atom. The third-order valence-electron chi connectivity index (χ3n) is 3.00. The van der Waals surface area contributed by atoms with E-state index in [0.717, 1.165) is 17.9 Å². The van der Waals surface area contributed by atoms with Gasteiger partial charge in [-0.25, -0.2) is 9.67 Å². The minimum Gasteiger partial charge on any atom is -0.486 e. The highest BCUT2D eigenvalue weighted by Crippen LogP contribution is 2.15. The van der Waals surface area contributed by atoms with Crippen molar-refractivity contribution in [2.45, 2.75) is 33.9 Å². The van der Waals surface area contributed by atoms with Crippen LogP contribution in [0.5, 0.6) is 5.75 Å². The summed E-state index contributed by atoms with van der Waals surface area (Å²) in [5.41, 5.74) is 1.36. The first-order chi connectivity index (χ1) is 10.1. The molecule has 0 aliphatic carbocycles. The minimum atomic E-state index is 0.353. The largest absolute Gasteiger partial charge is 0.486 e. The molecule has 1 heterocycles. The van der Waals surface area contributed by atoms with Crippen molar-refractivity contribution >= 4 is 5.71 Å². The lowest BCUT2D eigenvalue weighted by molar-refractivity contribution is 0.282. The molecule has 0 fully saturated rings. The molecule has 2 rings (SSSR count). The predicted molar refractivity (Wildman–Crippen MR) is 79.6 cm³/mol. The normalized spacial score (nSPS) is 11.9. The number of ether oxygens (including phenoxy) is 1. The average Bonchev–Trinajstić information content (AvgIpc) is 2.91. The first kappa shape index (κ1) is 15.0. The smallest absolute Gasteiger partial charge is 0.164 e. The van der Waals surface area contributed by atoms with E-state index < -0.39 is 0 Å². The molecular formula is C15H20N4O2. The number of hydrogen-bond donors (Lipinski definition) is 1. The van der Waals surface area contributed by atoms with E-state index in [9.17, 15) is 0 Å². The van der Waals surface area contributed by atoms with Gasteiger partial charge >= 0.3 is 0 Å². The summed E-state index contributed by atoms with van der Waals surface area (Å²) in [7, 11) is 0. The maximum atomic E-state index is 8.81. The summed E-state index contributed by atoms with van der Waals surface area (Å²) >= 11 is 0. The van der Waals surface area contributed by atoms with Gasteiger partial charge < -0.3 is 9.94 Å². The van der Waals surface area contributed by atoms with Crippen molar-refractivity contribution in [1.82, 2.24) is 14.8 Å².